The molecule has 0 aliphatic heterocycles. The van der Waals surface area contributed by atoms with Crippen molar-refractivity contribution in [2.45, 2.75) is 58.8 Å². The standard InChI is InChI=1S/C15H24O4S2/c1-5-18-14(20)21-12(19-13(17)15(2,3)4)9-8-11(16)10-6-7-10/h10,12H,5-9H2,1-4H3. The summed E-state index contributed by atoms with van der Waals surface area (Å²) in [6, 6.07) is 0. The Morgan fingerprint density at radius 1 is 1.33 bits per heavy atom. The third-order valence-electron chi connectivity index (χ3n) is 3.00. The molecule has 1 aliphatic carbocycles. The minimum absolute atomic E-state index is 0.229. The number of thiocarbonyl (C=S) groups is 1. The Balaban J connectivity index is 2.53. The lowest BCUT2D eigenvalue weighted by Gasteiger charge is -2.22. The van der Waals surface area contributed by atoms with Crippen LogP contribution in [0.5, 0.6) is 0 Å². The van der Waals surface area contributed by atoms with Gasteiger partial charge in [0.05, 0.1) is 12.0 Å². The quantitative estimate of drug-likeness (QED) is 0.402. The Bertz CT molecular complexity index is 397. The summed E-state index contributed by atoms with van der Waals surface area (Å²) in [6.07, 6.45) is 2.90. The molecule has 0 spiro atoms. The van der Waals surface area contributed by atoms with Crippen LogP contribution in [0.2, 0.25) is 0 Å². The highest BCUT2D eigenvalue weighted by Crippen LogP contribution is 2.33. The summed E-state index contributed by atoms with van der Waals surface area (Å²) in [6.45, 7) is 7.72. The fourth-order valence-electron chi connectivity index (χ4n) is 1.57. The molecule has 0 aromatic rings. The van der Waals surface area contributed by atoms with Gasteiger partial charge < -0.3 is 9.47 Å². The summed E-state index contributed by atoms with van der Waals surface area (Å²) in [5, 5.41) is 0. The van der Waals surface area contributed by atoms with Gasteiger partial charge in [-0.05, 0) is 64.5 Å². The van der Waals surface area contributed by atoms with Gasteiger partial charge in [-0.2, -0.15) is 0 Å². The molecule has 0 amide bonds. The van der Waals surface area contributed by atoms with Crippen LogP contribution in [0.4, 0.5) is 0 Å². The van der Waals surface area contributed by atoms with Gasteiger partial charge in [-0.3, -0.25) is 9.59 Å². The van der Waals surface area contributed by atoms with Crippen LogP contribution < -0.4 is 0 Å². The number of hydrogen-bond donors (Lipinski definition) is 0. The predicted octanol–water partition coefficient (Wildman–Crippen LogP) is 3.72. The van der Waals surface area contributed by atoms with Gasteiger partial charge in [0.25, 0.3) is 0 Å². The zero-order chi connectivity index (χ0) is 16.0. The topological polar surface area (TPSA) is 52.6 Å². The maximum Gasteiger partial charge on any atom is 0.312 e. The number of carbonyl (C=O) groups excluding carboxylic acids is 2. The van der Waals surface area contributed by atoms with Crippen LogP contribution in [0.1, 0.15) is 53.4 Å². The molecular weight excluding hydrogens is 308 g/mol. The summed E-state index contributed by atoms with van der Waals surface area (Å²) < 4.78 is 11.1. The van der Waals surface area contributed by atoms with Crippen LogP contribution in [-0.4, -0.2) is 28.2 Å². The Kier molecular flexibility index (Phi) is 7.13. The smallest absolute Gasteiger partial charge is 0.312 e. The number of hydrogen-bond acceptors (Lipinski definition) is 6. The van der Waals surface area contributed by atoms with Gasteiger partial charge in [-0.1, -0.05) is 0 Å². The highest BCUT2D eigenvalue weighted by atomic mass is 32.2. The molecule has 1 aliphatic rings. The summed E-state index contributed by atoms with van der Waals surface area (Å²) in [4.78, 5) is 23.8. The van der Waals surface area contributed by atoms with Gasteiger partial charge >= 0.3 is 5.97 Å². The molecule has 0 radical (unpaired) electrons. The van der Waals surface area contributed by atoms with Crippen molar-refractivity contribution in [2.24, 2.45) is 11.3 Å². The number of esters is 1. The number of ether oxygens (including phenoxy) is 2. The van der Waals surface area contributed by atoms with Crippen molar-refractivity contribution in [1.82, 2.24) is 0 Å². The molecule has 0 aromatic heterocycles. The van der Waals surface area contributed by atoms with Gasteiger partial charge in [-0.25, -0.2) is 0 Å². The van der Waals surface area contributed by atoms with Gasteiger partial charge in [-0.15, -0.1) is 0 Å². The molecule has 120 valence electrons. The number of thioether (sulfide) groups is 1. The molecule has 1 rings (SSSR count). The second-order valence-corrected chi connectivity index (χ2v) is 7.93. The van der Waals surface area contributed by atoms with Crippen LogP contribution in [-0.2, 0) is 19.1 Å². The van der Waals surface area contributed by atoms with Crippen molar-refractivity contribution in [3.05, 3.63) is 0 Å². The van der Waals surface area contributed by atoms with E-state index in [1.807, 2.05) is 6.92 Å². The molecule has 1 saturated carbocycles. The first-order valence-electron chi connectivity index (χ1n) is 7.31. The molecule has 4 nitrogen and oxygen atoms in total. The van der Waals surface area contributed by atoms with E-state index in [4.69, 9.17) is 21.7 Å². The van der Waals surface area contributed by atoms with E-state index in [0.29, 0.717) is 23.8 Å². The minimum atomic E-state index is -0.577. The van der Waals surface area contributed by atoms with E-state index >= 15 is 0 Å². The highest BCUT2D eigenvalue weighted by Gasteiger charge is 2.31. The minimum Gasteiger partial charge on any atom is -0.479 e. The van der Waals surface area contributed by atoms with Crippen LogP contribution in [0.3, 0.4) is 0 Å². The number of carbonyl (C=O) groups is 2. The number of ketones is 1. The first-order chi connectivity index (χ1) is 9.74. The van der Waals surface area contributed by atoms with E-state index in [-0.39, 0.29) is 17.7 Å². The van der Waals surface area contributed by atoms with Gasteiger partial charge in [0, 0.05) is 18.8 Å². The molecule has 6 heteroatoms. The third-order valence-corrected chi connectivity index (χ3v) is 4.31. The van der Waals surface area contributed by atoms with Crippen molar-refractivity contribution in [2.75, 3.05) is 6.61 Å². The SMILES string of the molecule is CCOC(=S)SC(CCC(=O)C1CC1)OC(=O)C(C)(C)C. The summed E-state index contributed by atoms with van der Waals surface area (Å²) in [5.41, 5.74) is -1.04. The van der Waals surface area contributed by atoms with Crippen LogP contribution in [0, 0.1) is 11.3 Å². The lowest BCUT2D eigenvalue weighted by atomic mass is 9.97. The van der Waals surface area contributed by atoms with E-state index in [9.17, 15) is 9.59 Å². The average Bonchev–Trinajstić information content (AvgIpc) is 3.18. The predicted molar refractivity (Wildman–Crippen MR) is 88.1 cm³/mol. The van der Waals surface area contributed by atoms with Crippen molar-refractivity contribution < 1.29 is 19.1 Å². The molecule has 0 bridgehead atoms. The second kappa shape index (κ2) is 8.13. The van der Waals surface area contributed by atoms with Crippen LogP contribution >= 0.6 is 24.0 Å². The maximum atomic E-state index is 12.0. The fourth-order valence-corrected chi connectivity index (χ4v) is 2.78. The largest absolute Gasteiger partial charge is 0.479 e. The lowest BCUT2D eigenvalue weighted by molar-refractivity contribution is -0.154. The Labute approximate surface area is 136 Å². The van der Waals surface area contributed by atoms with E-state index in [1.165, 1.54) is 11.8 Å². The molecule has 1 fully saturated rings. The van der Waals surface area contributed by atoms with Crippen LogP contribution in [0.25, 0.3) is 0 Å². The van der Waals surface area contributed by atoms with Crippen molar-refractivity contribution in [3.8, 4) is 0 Å². The summed E-state index contributed by atoms with van der Waals surface area (Å²) >= 11 is 6.29. The summed E-state index contributed by atoms with van der Waals surface area (Å²) in [5.74, 6) is 0.195. The van der Waals surface area contributed by atoms with E-state index in [1.54, 1.807) is 20.8 Å². The Hall–Kier alpha value is -0.620. The lowest BCUT2D eigenvalue weighted by Crippen LogP contribution is -2.28. The van der Waals surface area contributed by atoms with E-state index < -0.39 is 10.9 Å². The van der Waals surface area contributed by atoms with E-state index in [0.717, 1.165) is 12.8 Å². The second-order valence-electron chi connectivity index (χ2n) is 6.16. The molecule has 0 N–H and O–H groups in total. The van der Waals surface area contributed by atoms with Crippen molar-refractivity contribution >= 4 is 40.1 Å². The molecule has 21 heavy (non-hydrogen) atoms. The Morgan fingerprint density at radius 2 is 1.95 bits per heavy atom. The monoisotopic (exact) mass is 332 g/mol. The van der Waals surface area contributed by atoms with Crippen LogP contribution in [0.15, 0.2) is 0 Å². The zero-order valence-corrected chi connectivity index (χ0v) is 14.8. The molecule has 0 aromatic carbocycles. The molecule has 1 atom stereocenters. The maximum absolute atomic E-state index is 12.0. The molecule has 0 heterocycles. The fraction of sp³-hybridized carbons (Fsp3) is 0.800. The first kappa shape index (κ1) is 18.4. The first-order valence-corrected chi connectivity index (χ1v) is 8.60. The molecular formula is C15H24O4S2. The van der Waals surface area contributed by atoms with Gasteiger partial charge in [0.15, 0.2) is 5.44 Å². The van der Waals surface area contributed by atoms with Crippen molar-refractivity contribution in [3.63, 3.8) is 0 Å². The molecule has 0 saturated heterocycles. The number of Topliss-reactive ketones (excluding diaryl/α,β-unsaturated/α-hetero) is 1. The Morgan fingerprint density at radius 3 is 2.43 bits per heavy atom. The highest BCUT2D eigenvalue weighted by molar-refractivity contribution is 8.22. The van der Waals surface area contributed by atoms with E-state index in [2.05, 4.69) is 0 Å². The molecule has 1 unspecified atom stereocenters. The number of rotatable bonds is 7. The van der Waals surface area contributed by atoms with Gasteiger partial charge in [0.2, 0.25) is 4.38 Å². The third kappa shape index (κ3) is 7.27. The van der Waals surface area contributed by atoms with Gasteiger partial charge in [0.1, 0.15) is 5.78 Å². The average molecular weight is 332 g/mol. The zero-order valence-electron chi connectivity index (χ0n) is 13.1. The normalized spacial score (nSPS) is 16.2. The summed E-state index contributed by atoms with van der Waals surface area (Å²) in [7, 11) is 0. The van der Waals surface area contributed by atoms with Crippen molar-refractivity contribution in [1.29, 1.82) is 0 Å².